The van der Waals surface area contributed by atoms with Crippen LogP contribution in [0.15, 0.2) is 72.0 Å². The number of aliphatic hydroxyl groups is 1. The Kier molecular flexibility index (Phi) is 6.53. The average molecular weight is 512 g/mol. The first-order valence-electron chi connectivity index (χ1n) is 11.3. The van der Waals surface area contributed by atoms with Gasteiger partial charge in [-0.2, -0.15) is 5.10 Å². The summed E-state index contributed by atoms with van der Waals surface area (Å²) in [5.41, 5.74) is 1.69. The standard InChI is InChI=1S/C27H24F3N3O4/c1-15-5-14-20(32-31-15)33-22(16-8-12-19(13-9-16)37-27(28,29)30)21(24(35)25(33)36)23(34)17-6-10-18(11-7-17)26(2,3)4/h5-14,22,35H,1-4H3/t22-/m0/s1. The maximum absolute atomic E-state index is 13.6. The van der Waals surface area contributed by atoms with Gasteiger partial charge in [0, 0.05) is 5.56 Å². The molecule has 1 aliphatic rings. The molecule has 37 heavy (non-hydrogen) atoms. The van der Waals surface area contributed by atoms with E-state index in [0.29, 0.717) is 5.69 Å². The van der Waals surface area contributed by atoms with Crippen LogP contribution in [0.5, 0.6) is 5.75 Å². The third kappa shape index (κ3) is 5.32. The predicted octanol–water partition coefficient (Wildman–Crippen LogP) is 5.76. The SMILES string of the molecule is Cc1ccc(N2C(=O)C(O)=C(C(=O)c3ccc(C(C)(C)C)cc3)[C@@H]2c2ccc(OC(F)(F)F)cc2)nn1. The number of carbonyl (C=O) groups excluding carboxylic acids is 2. The molecule has 192 valence electrons. The van der Waals surface area contributed by atoms with E-state index in [4.69, 9.17) is 0 Å². The van der Waals surface area contributed by atoms with Gasteiger partial charge in [0.05, 0.1) is 17.3 Å². The fourth-order valence-electron chi connectivity index (χ4n) is 4.04. The fourth-order valence-corrected chi connectivity index (χ4v) is 4.04. The van der Waals surface area contributed by atoms with Crippen molar-refractivity contribution in [2.75, 3.05) is 4.90 Å². The number of rotatable bonds is 5. The molecule has 1 aromatic heterocycles. The largest absolute Gasteiger partial charge is 0.573 e. The third-order valence-electron chi connectivity index (χ3n) is 5.93. The highest BCUT2D eigenvalue weighted by Crippen LogP contribution is 2.42. The molecule has 0 spiro atoms. The van der Waals surface area contributed by atoms with Crippen LogP contribution >= 0.6 is 0 Å². The van der Waals surface area contributed by atoms with Crippen LogP contribution in [-0.4, -0.2) is 33.4 Å². The van der Waals surface area contributed by atoms with Crippen LogP contribution in [0.2, 0.25) is 0 Å². The number of carbonyl (C=O) groups is 2. The van der Waals surface area contributed by atoms with Gasteiger partial charge in [0.1, 0.15) is 5.75 Å². The summed E-state index contributed by atoms with van der Waals surface area (Å²) < 4.78 is 41.9. The van der Waals surface area contributed by atoms with E-state index >= 15 is 0 Å². The molecule has 1 aliphatic heterocycles. The minimum absolute atomic E-state index is 0.0636. The number of halogens is 3. The zero-order valence-electron chi connectivity index (χ0n) is 20.5. The molecule has 0 unspecified atom stereocenters. The molecule has 0 radical (unpaired) electrons. The molecule has 1 N–H and O–H groups in total. The van der Waals surface area contributed by atoms with Crippen LogP contribution in [0.1, 0.15) is 54.0 Å². The van der Waals surface area contributed by atoms with Crippen LogP contribution < -0.4 is 9.64 Å². The summed E-state index contributed by atoms with van der Waals surface area (Å²) in [6, 6.07) is 13.5. The van der Waals surface area contributed by atoms with Crippen molar-refractivity contribution < 1.29 is 32.6 Å². The minimum atomic E-state index is -4.88. The first kappa shape index (κ1) is 25.9. The Morgan fingerprint density at radius 1 is 0.946 bits per heavy atom. The summed E-state index contributed by atoms with van der Waals surface area (Å²) in [6.45, 7) is 7.77. The number of hydrogen-bond acceptors (Lipinski definition) is 6. The van der Waals surface area contributed by atoms with Gasteiger partial charge in [-0.25, -0.2) is 0 Å². The first-order chi connectivity index (χ1) is 17.3. The van der Waals surface area contributed by atoms with E-state index in [1.807, 2.05) is 20.8 Å². The molecule has 0 saturated carbocycles. The van der Waals surface area contributed by atoms with E-state index < -0.39 is 35.6 Å². The van der Waals surface area contributed by atoms with Crippen molar-refractivity contribution in [3.63, 3.8) is 0 Å². The van der Waals surface area contributed by atoms with Crippen molar-refractivity contribution in [1.82, 2.24) is 10.2 Å². The van der Waals surface area contributed by atoms with Crippen LogP contribution in [0.4, 0.5) is 19.0 Å². The number of hydrogen-bond donors (Lipinski definition) is 1. The highest BCUT2D eigenvalue weighted by atomic mass is 19.4. The minimum Gasteiger partial charge on any atom is -0.503 e. The molecule has 0 aliphatic carbocycles. The van der Waals surface area contributed by atoms with E-state index in [1.165, 1.54) is 18.2 Å². The highest BCUT2D eigenvalue weighted by molar-refractivity contribution is 6.20. The smallest absolute Gasteiger partial charge is 0.503 e. The molecular formula is C27H24F3N3O4. The lowest BCUT2D eigenvalue weighted by Gasteiger charge is -2.26. The number of benzene rings is 2. The fraction of sp³-hybridized carbons (Fsp3) is 0.259. The number of amides is 1. The van der Waals surface area contributed by atoms with E-state index in [1.54, 1.807) is 37.3 Å². The number of nitrogens with zero attached hydrogens (tertiary/aromatic N) is 3. The van der Waals surface area contributed by atoms with Crippen LogP contribution in [0, 0.1) is 6.92 Å². The van der Waals surface area contributed by atoms with Gasteiger partial charge >= 0.3 is 6.36 Å². The van der Waals surface area contributed by atoms with Gasteiger partial charge in [-0.3, -0.25) is 14.5 Å². The van der Waals surface area contributed by atoms with E-state index in [2.05, 4.69) is 14.9 Å². The van der Waals surface area contributed by atoms with Crippen LogP contribution in [0.3, 0.4) is 0 Å². The number of alkyl halides is 3. The number of ketones is 1. The van der Waals surface area contributed by atoms with Gasteiger partial charge in [-0.15, -0.1) is 18.3 Å². The summed E-state index contributed by atoms with van der Waals surface area (Å²) in [4.78, 5) is 27.9. The van der Waals surface area contributed by atoms with Gasteiger partial charge in [0.15, 0.2) is 17.4 Å². The average Bonchev–Trinajstić information content (AvgIpc) is 3.08. The van der Waals surface area contributed by atoms with Gasteiger partial charge in [0.2, 0.25) is 0 Å². The maximum Gasteiger partial charge on any atom is 0.573 e. The quantitative estimate of drug-likeness (QED) is 0.438. The Hall–Kier alpha value is -4.21. The van der Waals surface area contributed by atoms with Gasteiger partial charge in [-0.05, 0) is 47.7 Å². The van der Waals surface area contributed by atoms with Crippen molar-refractivity contribution in [1.29, 1.82) is 0 Å². The molecule has 2 heterocycles. The highest BCUT2D eigenvalue weighted by Gasteiger charge is 2.45. The zero-order valence-corrected chi connectivity index (χ0v) is 20.5. The molecule has 7 nitrogen and oxygen atoms in total. The molecule has 0 fully saturated rings. The number of aromatic nitrogens is 2. The van der Waals surface area contributed by atoms with Gasteiger partial charge < -0.3 is 9.84 Å². The summed E-state index contributed by atoms with van der Waals surface area (Å²) in [7, 11) is 0. The molecule has 4 rings (SSSR count). The predicted molar refractivity (Wildman–Crippen MR) is 129 cm³/mol. The van der Waals surface area contributed by atoms with Crippen molar-refractivity contribution >= 4 is 17.5 Å². The number of ether oxygens (including phenoxy) is 1. The first-order valence-corrected chi connectivity index (χ1v) is 11.3. The number of anilines is 1. The van der Waals surface area contributed by atoms with Gasteiger partial charge in [0.25, 0.3) is 5.91 Å². The second-order valence-electron chi connectivity index (χ2n) is 9.65. The zero-order chi connectivity index (χ0) is 27.1. The second kappa shape index (κ2) is 9.34. The number of Topliss-reactive ketones (excluding diaryl/α,β-unsaturated/α-hetero) is 1. The summed E-state index contributed by atoms with van der Waals surface area (Å²) in [5.74, 6) is -2.66. The molecule has 2 aromatic carbocycles. The van der Waals surface area contributed by atoms with Gasteiger partial charge in [-0.1, -0.05) is 57.2 Å². The molecule has 1 amide bonds. The molecular weight excluding hydrogens is 487 g/mol. The van der Waals surface area contributed by atoms with E-state index in [0.717, 1.165) is 22.6 Å². The maximum atomic E-state index is 13.6. The lowest BCUT2D eigenvalue weighted by atomic mass is 9.85. The van der Waals surface area contributed by atoms with Crippen LogP contribution in [-0.2, 0) is 10.2 Å². The molecule has 10 heteroatoms. The van der Waals surface area contributed by atoms with Crippen molar-refractivity contribution in [3.05, 3.63) is 94.4 Å². The Morgan fingerprint density at radius 2 is 1.57 bits per heavy atom. The summed E-state index contributed by atoms with van der Waals surface area (Å²) in [5, 5.41) is 18.8. The third-order valence-corrected chi connectivity index (χ3v) is 5.93. The Bertz CT molecular complexity index is 1360. The summed E-state index contributed by atoms with van der Waals surface area (Å²) >= 11 is 0. The number of aryl methyl sites for hydroxylation is 1. The summed E-state index contributed by atoms with van der Waals surface area (Å²) in [6.07, 6.45) is -4.88. The van der Waals surface area contributed by atoms with Crippen molar-refractivity contribution in [2.24, 2.45) is 0 Å². The van der Waals surface area contributed by atoms with Crippen molar-refractivity contribution in [2.45, 2.75) is 45.5 Å². The second-order valence-corrected chi connectivity index (χ2v) is 9.65. The monoisotopic (exact) mass is 511 g/mol. The Morgan fingerprint density at radius 3 is 2.08 bits per heavy atom. The molecule has 1 atom stereocenters. The van der Waals surface area contributed by atoms with E-state index in [-0.39, 0.29) is 27.9 Å². The Labute approximate surface area is 211 Å². The molecule has 0 bridgehead atoms. The topological polar surface area (TPSA) is 92.6 Å². The van der Waals surface area contributed by atoms with Crippen LogP contribution in [0.25, 0.3) is 0 Å². The molecule has 3 aromatic rings. The normalized spacial score (nSPS) is 16.4. The van der Waals surface area contributed by atoms with E-state index in [9.17, 15) is 27.9 Å². The molecule has 0 saturated heterocycles. The lowest BCUT2D eigenvalue weighted by Crippen LogP contribution is -2.32. The Balaban J connectivity index is 1.79. The number of aliphatic hydroxyl groups excluding tert-OH is 1. The van der Waals surface area contributed by atoms with Crippen molar-refractivity contribution in [3.8, 4) is 5.75 Å². The lowest BCUT2D eigenvalue weighted by molar-refractivity contribution is -0.274.